The van der Waals surface area contributed by atoms with Gasteiger partial charge in [-0.05, 0) is 24.3 Å². The van der Waals surface area contributed by atoms with Gasteiger partial charge < -0.3 is 9.80 Å². The zero-order valence-corrected chi connectivity index (χ0v) is 13.2. The Balaban J connectivity index is 1.73. The molecule has 130 valence electrons. The molecule has 25 heavy (non-hydrogen) atoms. The number of nitro groups is 1. The lowest BCUT2D eigenvalue weighted by molar-refractivity contribution is -0.384. The maximum atomic E-state index is 13.8. The van der Waals surface area contributed by atoms with E-state index < -0.39 is 22.5 Å². The molecule has 1 aliphatic rings. The SMILES string of the molecule is O=C(c1cc(F)ccc1F)N1CCN(c2ccccc2[N+](=O)[O-])CC1. The van der Waals surface area contributed by atoms with Crippen LogP contribution >= 0.6 is 0 Å². The minimum absolute atomic E-state index is 0.00143. The molecule has 0 aliphatic carbocycles. The highest BCUT2D eigenvalue weighted by Crippen LogP contribution is 2.28. The first-order valence-electron chi connectivity index (χ1n) is 7.70. The molecule has 3 rings (SSSR count). The lowest BCUT2D eigenvalue weighted by Gasteiger charge is -2.35. The van der Waals surface area contributed by atoms with Gasteiger partial charge in [0.15, 0.2) is 0 Å². The smallest absolute Gasteiger partial charge is 0.292 e. The van der Waals surface area contributed by atoms with E-state index >= 15 is 0 Å². The minimum atomic E-state index is -0.771. The quantitative estimate of drug-likeness (QED) is 0.633. The van der Waals surface area contributed by atoms with Crippen LogP contribution in [0.5, 0.6) is 0 Å². The average molecular weight is 347 g/mol. The summed E-state index contributed by atoms with van der Waals surface area (Å²) in [4.78, 5) is 26.3. The van der Waals surface area contributed by atoms with E-state index in [1.165, 1.54) is 11.0 Å². The van der Waals surface area contributed by atoms with Crippen LogP contribution in [-0.4, -0.2) is 41.9 Å². The molecule has 0 spiro atoms. The highest BCUT2D eigenvalue weighted by Gasteiger charge is 2.27. The number of rotatable bonds is 3. The van der Waals surface area contributed by atoms with E-state index in [2.05, 4.69) is 0 Å². The normalized spacial score (nSPS) is 14.5. The number of carbonyl (C=O) groups is 1. The predicted octanol–water partition coefficient (Wildman–Crippen LogP) is 2.84. The topological polar surface area (TPSA) is 66.7 Å². The van der Waals surface area contributed by atoms with E-state index in [4.69, 9.17) is 0 Å². The number of anilines is 1. The molecule has 0 bridgehead atoms. The van der Waals surface area contributed by atoms with E-state index in [1.807, 2.05) is 4.90 Å². The van der Waals surface area contributed by atoms with Crippen LogP contribution in [0, 0.1) is 21.7 Å². The Morgan fingerprint density at radius 2 is 1.72 bits per heavy atom. The van der Waals surface area contributed by atoms with Gasteiger partial charge in [-0.25, -0.2) is 8.78 Å². The molecular weight excluding hydrogens is 332 g/mol. The third kappa shape index (κ3) is 3.42. The fraction of sp³-hybridized carbons (Fsp3) is 0.235. The fourth-order valence-electron chi connectivity index (χ4n) is 2.87. The summed E-state index contributed by atoms with van der Waals surface area (Å²) in [5.74, 6) is -2.03. The second kappa shape index (κ2) is 6.84. The van der Waals surface area contributed by atoms with Crippen LogP contribution in [-0.2, 0) is 0 Å². The number of benzene rings is 2. The van der Waals surface area contributed by atoms with Crippen LogP contribution in [0.2, 0.25) is 0 Å². The van der Waals surface area contributed by atoms with Crippen molar-refractivity contribution >= 4 is 17.3 Å². The van der Waals surface area contributed by atoms with E-state index in [-0.39, 0.29) is 24.3 Å². The zero-order chi connectivity index (χ0) is 18.0. The molecule has 0 atom stereocenters. The van der Waals surface area contributed by atoms with Crippen molar-refractivity contribution in [2.24, 2.45) is 0 Å². The third-order valence-corrected chi connectivity index (χ3v) is 4.14. The van der Waals surface area contributed by atoms with Crippen molar-refractivity contribution in [1.29, 1.82) is 0 Å². The Kier molecular flexibility index (Phi) is 4.60. The van der Waals surface area contributed by atoms with Crippen molar-refractivity contribution in [2.75, 3.05) is 31.1 Å². The minimum Gasteiger partial charge on any atom is -0.362 e. The van der Waals surface area contributed by atoms with Gasteiger partial charge in [-0.3, -0.25) is 14.9 Å². The van der Waals surface area contributed by atoms with Gasteiger partial charge in [0.05, 0.1) is 10.5 Å². The Labute approximate surface area is 142 Å². The molecule has 1 aliphatic heterocycles. The van der Waals surface area contributed by atoms with E-state index in [0.29, 0.717) is 18.8 Å². The Hall–Kier alpha value is -3.03. The standard InChI is InChI=1S/C17H15F2N3O3/c18-12-5-6-14(19)13(11-12)17(23)21-9-7-20(8-10-21)15-3-1-2-4-16(15)22(24)25/h1-6,11H,7-10H2. The van der Waals surface area contributed by atoms with E-state index in [1.54, 1.807) is 18.2 Å². The fourth-order valence-corrected chi connectivity index (χ4v) is 2.87. The molecule has 1 saturated heterocycles. The van der Waals surface area contributed by atoms with Gasteiger partial charge in [0.1, 0.15) is 17.3 Å². The summed E-state index contributed by atoms with van der Waals surface area (Å²) < 4.78 is 27.0. The van der Waals surface area contributed by atoms with Crippen molar-refractivity contribution in [3.05, 3.63) is 69.8 Å². The van der Waals surface area contributed by atoms with Gasteiger partial charge in [-0.15, -0.1) is 0 Å². The first kappa shape index (κ1) is 16.8. The van der Waals surface area contributed by atoms with Crippen molar-refractivity contribution in [3.8, 4) is 0 Å². The highest BCUT2D eigenvalue weighted by atomic mass is 19.1. The van der Waals surface area contributed by atoms with Gasteiger partial charge in [-0.2, -0.15) is 0 Å². The Bertz CT molecular complexity index is 821. The lowest BCUT2D eigenvalue weighted by atomic mass is 10.1. The number of nitrogens with zero attached hydrogens (tertiary/aromatic N) is 3. The number of para-hydroxylation sites is 2. The summed E-state index contributed by atoms with van der Waals surface area (Å²) in [5, 5.41) is 11.1. The molecule has 1 fully saturated rings. The molecule has 0 unspecified atom stereocenters. The van der Waals surface area contributed by atoms with Crippen LogP contribution in [0.25, 0.3) is 0 Å². The first-order chi connectivity index (χ1) is 12.0. The van der Waals surface area contributed by atoms with Crippen LogP contribution in [0.3, 0.4) is 0 Å². The number of hydrogen-bond acceptors (Lipinski definition) is 4. The summed E-state index contributed by atoms with van der Waals surface area (Å²) in [6.45, 7) is 1.27. The summed E-state index contributed by atoms with van der Waals surface area (Å²) in [7, 11) is 0. The van der Waals surface area contributed by atoms with Gasteiger partial charge in [-0.1, -0.05) is 12.1 Å². The van der Waals surface area contributed by atoms with Crippen molar-refractivity contribution in [1.82, 2.24) is 4.90 Å². The summed E-state index contributed by atoms with van der Waals surface area (Å²) in [6.07, 6.45) is 0. The van der Waals surface area contributed by atoms with Gasteiger partial charge >= 0.3 is 0 Å². The molecule has 0 aromatic heterocycles. The van der Waals surface area contributed by atoms with Crippen LogP contribution in [0.4, 0.5) is 20.2 Å². The summed E-state index contributed by atoms with van der Waals surface area (Å²) in [6, 6.07) is 9.14. The monoisotopic (exact) mass is 347 g/mol. The largest absolute Gasteiger partial charge is 0.362 e. The summed E-state index contributed by atoms with van der Waals surface area (Å²) >= 11 is 0. The van der Waals surface area contributed by atoms with Crippen LogP contribution in [0.1, 0.15) is 10.4 Å². The predicted molar refractivity (Wildman–Crippen MR) is 87.6 cm³/mol. The number of piperazine rings is 1. The third-order valence-electron chi connectivity index (χ3n) is 4.14. The number of carbonyl (C=O) groups excluding carboxylic acids is 1. The molecule has 2 aromatic rings. The molecular formula is C17H15F2N3O3. The highest BCUT2D eigenvalue weighted by molar-refractivity contribution is 5.94. The maximum absolute atomic E-state index is 13.8. The van der Waals surface area contributed by atoms with Gasteiger partial charge in [0.2, 0.25) is 0 Å². The molecule has 0 radical (unpaired) electrons. The van der Waals surface area contributed by atoms with Crippen LogP contribution < -0.4 is 4.90 Å². The van der Waals surface area contributed by atoms with Crippen molar-refractivity contribution in [2.45, 2.75) is 0 Å². The molecule has 6 nitrogen and oxygen atoms in total. The van der Waals surface area contributed by atoms with Gasteiger partial charge in [0, 0.05) is 32.2 Å². The summed E-state index contributed by atoms with van der Waals surface area (Å²) in [5.41, 5.74) is 0.175. The number of hydrogen-bond donors (Lipinski definition) is 0. The molecule has 2 aromatic carbocycles. The number of halogens is 2. The molecule has 0 saturated carbocycles. The zero-order valence-electron chi connectivity index (χ0n) is 13.2. The van der Waals surface area contributed by atoms with Crippen LogP contribution in [0.15, 0.2) is 42.5 Å². The van der Waals surface area contributed by atoms with Gasteiger partial charge in [0.25, 0.3) is 11.6 Å². The second-order valence-corrected chi connectivity index (χ2v) is 5.65. The van der Waals surface area contributed by atoms with E-state index in [0.717, 1.165) is 18.2 Å². The Morgan fingerprint density at radius 3 is 2.40 bits per heavy atom. The van der Waals surface area contributed by atoms with Crippen molar-refractivity contribution in [3.63, 3.8) is 0 Å². The molecule has 8 heteroatoms. The maximum Gasteiger partial charge on any atom is 0.292 e. The second-order valence-electron chi connectivity index (χ2n) is 5.65. The Morgan fingerprint density at radius 1 is 1.04 bits per heavy atom. The molecule has 1 amide bonds. The average Bonchev–Trinajstić information content (AvgIpc) is 2.63. The van der Waals surface area contributed by atoms with E-state index in [9.17, 15) is 23.7 Å². The number of nitro benzene ring substituents is 1. The molecule has 0 N–H and O–H groups in total. The lowest BCUT2D eigenvalue weighted by Crippen LogP contribution is -2.49. The van der Waals surface area contributed by atoms with Crippen molar-refractivity contribution < 1.29 is 18.5 Å². The number of amides is 1. The first-order valence-corrected chi connectivity index (χ1v) is 7.70. The molecule has 1 heterocycles.